The fraction of sp³-hybridized carbons (Fsp3) is 0.364. The second-order valence-electron chi connectivity index (χ2n) is 3.94. The minimum Gasteiger partial charge on any atom is -0.387 e. The smallest absolute Gasteiger partial charge is 0.0971 e. The molecule has 1 aromatic rings. The SMILES string of the molecule is CC(C)(C#N)C(O)c1cc(Cl)cc(Cl)c1. The Morgan fingerprint density at radius 3 is 2.13 bits per heavy atom. The van der Waals surface area contributed by atoms with E-state index in [9.17, 15) is 5.11 Å². The zero-order chi connectivity index (χ0) is 11.6. The third-order valence-corrected chi connectivity index (χ3v) is 2.61. The molecule has 1 N–H and O–H groups in total. The van der Waals surface area contributed by atoms with E-state index in [0.717, 1.165) is 0 Å². The van der Waals surface area contributed by atoms with Crippen LogP contribution in [0.2, 0.25) is 10.0 Å². The zero-order valence-electron chi connectivity index (χ0n) is 8.46. The Morgan fingerprint density at radius 1 is 1.27 bits per heavy atom. The maximum Gasteiger partial charge on any atom is 0.0971 e. The fourth-order valence-electron chi connectivity index (χ4n) is 1.21. The summed E-state index contributed by atoms with van der Waals surface area (Å²) in [5.74, 6) is 0. The molecule has 0 fully saturated rings. The molecule has 0 aliphatic heterocycles. The lowest BCUT2D eigenvalue weighted by Crippen LogP contribution is -2.19. The van der Waals surface area contributed by atoms with Crippen molar-refractivity contribution in [2.75, 3.05) is 0 Å². The number of benzene rings is 1. The van der Waals surface area contributed by atoms with Gasteiger partial charge < -0.3 is 5.11 Å². The van der Waals surface area contributed by atoms with Crippen LogP contribution >= 0.6 is 23.2 Å². The van der Waals surface area contributed by atoms with Crippen molar-refractivity contribution in [1.29, 1.82) is 5.26 Å². The normalized spacial score (nSPS) is 13.3. The van der Waals surface area contributed by atoms with Gasteiger partial charge in [-0.05, 0) is 37.6 Å². The Morgan fingerprint density at radius 2 is 1.73 bits per heavy atom. The molecule has 0 aliphatic rings. The lowest BCUT2D eigenvalue weighted by molar-refractivity contribution is 0.0868. The molecule has 1 unspecified atom stereocenters. The van der Waals surface area contributed by atoms with Gasteiger partial charge in [0, 0.05) is 10.0 Å². The first-order chi connectivity index (χ1) is 6.86. The second-order valence-corrected chi connectivity index (χ2v) is 4.81. The first-order valence-electron chi connectivity index (χ1n) is 4.42. The Labute approximate surface area is 99.0 Å². The molecule has 0 amide bonds. The van der Waals surface area contributed by atoms with Gasteiger partial charge in [-0.15, -0.1) is 0 Å². The molecule has 80 valence electrons. The molecule has 2 nitrogen and oxygen atoms in total. The van der Waals surface area contributed by atoms with Gasteiger partial charge in [-0.1, -0.05) is 23.2 Å². The average Bonchev–Trinajstić information content (AvgIpc) is 2.15. The second kappa shape index (κ2) is 4.40. The first kappa shape index (κ1) is 12.3. The maximum absolute atomic E-state index is 9.96. The number of hydrogen-bond acceptors (Lipinski definition) is 2. The number of hydrogen-bond donors (Lipinski definition) is 1. The summed E-state index contributed by atoms with van der Waals surface area (Å²) in [6.07, 6.45) is -0.904. The van der Waals surface area contributed by atoms with E-state index in [2.05, 4.69) is 0 Å². The van der Waals surface area contributed by atoms with E-state index in [1.807, 2.05) is 6.07 Å². The van der Waals surface area contributed by atoms with Crippen LogP contribution in [0, 0.1) is 16.7 Å². The highest BCUT2D eigenvalue weighted by atomic mass is 35.5. The minimum absolute atomic E-state index is 0.449. The monoisotopic (exact) mass is 243 g/mol. The van der Waals surface area contributed by atoms with Gasteiger partial charge in [0.05, 0.1) is 17.6 Å². The summed E-state index contributed by atoms with van der Waals surface area (Å²) < 4.78 is 0. The summed E-state index contributed by atoms with van der Waals surface area (Å²) in [6, 6.07) is 6.84. The maximum atomic E-state index is 9.96. The third-order valence-electron chi connectivity index (χ3n) is 2.17. The van der Waals surface area contributed by atoms with Crippen LogP contribution in [0.15, 0.2) is 18.2 Å². The molecule has 4 heteroatoms. The average molecular weight is 244 g/mol. The Kier molecular flexibility index (Phi) is 3.62. The molecule has 0 bridgehead atoms. The Balaban J connectivity index is 3.13. The summed E-state index contributed by atoms with van der Waals surface area (Å²) in [5.41, 5.74) is -0.312. The summed E-state index contributed by atoms with van der Waals surface area (Å²) in [5, 5.41) is 19.7. The molecule has 0 aliphatic carbocycles. The summed E-state index contributed by atoms with van der Waals surface area (Å²) >= 11 is 11.6. The lowest BCUT2D eigenvalue weighted by atomic mass is 9.84. The van der Waals surface area contributed by atoms with Crippen molar-refractivity contribution in [3.63, 3.8) is 0 Å². The highest BCUT2D eigenvalue weighted by Crippen LogP contribution is 2.34. The molecule has 0 saturated heterocycles. The molecule has 1 aromatic carbocycles. The predicted molar refractivity (Wildman–Crippen MR) is 60.8 cm³/mol. The fourth-order valence-corrected chi connectivity index (χ4v) is 1.75. The van der Waals surface area contributed by atoms with Gasteiger partial charge >= 0.3 is 0 Å². The van der Waals surface area contributed by atoms with Crippen molar-refractivity contribution < 1.29 is 5.11 Å². The highest BCUT2D eigenvalue weighted by Gasteiger charge is 2.29. The van der Waals surface area contributed by atoms with E-state index < -0.39 is 11.5 Å². The standard InChI is InChI=1S/C11H11Cl2NO/c1-11(2,6-14)10(15)7-3-8(12)5-9(13)4-7/h3-5,10,15H,1-2H3. The minimum atomic E-state index is -0.904. The van der Waals surface area contributed by atoms with Gasteiger partial charge in [0.1, 0.15) is 0 Å². The molecule has 0 spiro atoms. The van der Waals surface area contributed by atoms with E-state index in [-0.39, 0.29) is 0 Å². The summed E-state index contributed by atoms with van der Waals surface area (Å²) in [4.78, 5) is 0. The highest BCUT2D eigenvalue weighted by molar-refractivity contribution is 6.34. The molecule has 0 saturated carbocycles. The van der Waals surface area contributed by atoms with Crippen LogP contribution < -0.4 is 0 Å². The van der Waals surface area contributed by atoms with Gasteiger partial charge in [0.15, 0.2) is 0 Å². The van der Waals surface area contributed by atoms with Crippen LogP contribution in [0.1, 0.15) is 25.5 Å². The molecule has 0 aromatic heterocycles. The van der Waals surface area contributed by atoms with Gasteiger partial charge in [0.25, 0.3) is 0 Å². The van der Waals surface area contributed by atoms with Crippen molar-refractivity contribution in [3.8, 4) is 6.07 Å². The number of rotatable bonds is 2. The topological polar surface area (TPSA) is 44.0 Å². The van der Waals surface area contributed by atoms with Gasteiger partial charge in [-0.25, -0.2) is 0 Å². The van der Waals surface area contributed by atoms with Crippen molar-refractivity contribution >= 4 is 23.2 Å². The lowest BCUT2D eigenvalue weighted by Gasteiger charge is -2.23. The number of nitriles is 1. The molecular formula is C11H11Cl2NO. The number of aliphatic hydroxyl groups excluding tert-OH is 1. The van der Waals surface area contributed by atoms with E-state index in [1.165, 1.54) is 0 Å². The van der Waals surface area contributed by atoms with E-state index in [0.29, 0.717) is 15.6 Å². The molecule has 0 heterocycles. The van der Waals surface area contributed by atoms with Crippen molar-refractivity contribution in [2.24, 2.45) is 5.41 Å². The number of halogens is 2. The van der Waals surface area contributed by atoms with Gasteiger partial charge in [0.2, 0.25) is 0 Å². The Hall–Kier alpha value is -0.750. The van der Waals surface area contributed by atoms with Crippen molar-refractivity contribution in [3.05, 3.63) is 33.8 Å². The zero-order valence-corrected chi connectivity index (χ0v) is 9.97. The van der Waals surface area contributed by atoms with Crippen molar-refractivity contribution in [2.45, 2.75) is 20.0 Å². The van der Waals surface area contributed by atoms with Crippen molar-refractivity contribution in [1.82, 2.24) is 0 Å². The number of nitrogens with zero attached hydrogens (tertiary/aromatic N) is 1. The van der Waals surface area contributed by atoms with E-state index in [1.54, 1.807) is 32.0 Å². The van der Waals surface area contributed by atoms with Gasteiger partial charge in [-0.3, -0.25) is 0 Å². The van der Waals surface area contributed by atoms with E-state index in [4.69, 9.17) is 28.5 Å². The molecule has 15 heavy (non-hydrogen) atoms. The van der Waals surface area contributed by atoms with Crippen LogP contribution in [0.4, 0.5) is 0 Å². The largest absolute Gasteiger partial charge is 0.387 e. The van der Waals surface area contributed by atoms with Crippen LogP contribution in [0.3, 0.4) is 0 Å². The quantitative estimate of drug-likeness (QED) is 0.864. The van der Waals surface area contributed by atoms with Crippen LogP contribution in [-0.4, -0.2) is 5.11 Å². The summed E-state index contributed by atoms with van der Waals surface area (Å²) in [7, 11) is 0. The Bertz CT molecular complexity index is 389. The molecular weight excluding hydrogens is 233 g/mol. The third kappa shape index (κ3) is 2.85. The molecule has 1 atom stereocenters. The molecule has 1 rings (SSSR count). The van der Waals surface area contributed by atoms with Crippen LogP contribution in [-0.2, 0) is 0 Å². The van der Waals surface area contributed by atoms with Crippen LogP contribution in [0.25, 0.3) is 0 Å². The van der Waals surface area contributed by atoms with Gasteiger partial charge in [-0.2, -0.15) is 5.26 Å². The summed E-state index contributed by atoms with van der Waals surface area (Å²) in [6.45, 7) is 3.32. The molecule has 0 radical (unpaired) electrons. The van der Waals surface area contributed by atoms with E-state index >= 15 is 0 Å². The first-order valence-corrected chi connectivity index (χ1v) is 5.18. The predicted octanol–water partition coefficient (Wildman–Crippen LogP) is 3.58. The van der Waals surface area contributed by atoms with Crippen LogP contribution in [0.5, 0.6) is 0 Å². The number of aliphatic hydroxyl groups is 1.